The highest BCUT2D eigenvalue weighted by molar-refractivity contribution is 7.09. The van der Waals surface area contributed by atoms with Crippen molar-refractivity contribution >= 4 is 17.2 Å². The van der Waals surface area contributed by atoms with Crippen LogP contribution in [0.2, 0.25) is 0 Å². The third-order valence-corrected chi connectivity index (χ3v) is 3.01. The van der Waals surface area contributed by atoms with Gasteiger partial charge < -0.3 is 5.32 Å². The number of thiazole rings is 1. The van der Waals surface area contributed by atoms with E-state index in [1.807, 2.05) is 25.4 Å². The van der Waals surface area contributed by atoms with E-state index in [1.54, 1.807) is 17.7 Å². The van der Waals surface area contributed by atoms with Crippen LogP contribution in [0.25, 0.3) is 0 Å². The summed E-state index contributed by atoms with van der Waals surface area (Å²) in [6.45, 7) is 4.73. The fraction of sp³-hybridized carbons (Fsp3) is 0.300. The summed E-state index contributed by atoms with van der Waals surface area (Å²) in [5.74, 6) is 0.857. The standard InChI is InChI=1S/C10H12N4S/c1-7-3-10(13-5-12-7)11-4-9-8(2)14-6-15-9/h3,5-6H,4H2,1-2H3,(H,11,12,13). The smallest absolute Gasteiger partial charge is 0.129 e. The average Bonchev–Trinajstić information content (AvgIpc) is 2.61. The van der Waals surface area contributed by atoms with E-state index < -0.39 is 0 Å². The lowest BCUT2D eigenvalue weighted by Crippen LogP contribution is -2.01. The number of aryl methyl sites for hydroxylation is 2. The predicted molar refractivity (Wildman–Crippen MR) is 60.9 cm³/mol. The van der Waals surface area contributed by atoms with Gasteiger partial charge in [0.15, 0.2) is 0 Å². The number of hydrogen-bond donors (Lipinski definition) is 1. The van der Waals surface area contributed by atoms with Crippen molar-refractivity contribution in [3.05, 3.63) is 34.2 Å². The number of hydrogen-bond acceptors (Lipinski definition) is 5. The van der Waals surface area contributed by atoms with Gasteiger partial charge in [-0.05, 0) is 13.8 Å². The maximum Gasteiger partial charge on any atom is 0.129 e. The predicted octanol–water partition coefficient (Wildman–Crippen LogP) is 2.16. The van der Waals surface area contributed by atoms with Crippen molar-refractivity contribution in [3.8, 4) is 0 Å². The van der Waals surface area contributed by atoms with Crippen LogP contribution in [0.15, 0.2) is 17.9 Å². The van der Waals surface area contributed by atoms with Gasteiger partial charge in [0.1, 0.15) is 12.1 Å². The summed E-state index contributed by atoms with van der Waals surface area (Å²) in [5, 5.41) is 3.25. The van der Waals surface area contributed by atoms with Crippen LogP contribution in [0.5, 0.6) is 0 Å². The monoisotopic (exact) mass is 220 g/mol. The third kappa shape index (κ3) is 2.50. The maximum absolute atomic E-state index is 4.19. The minimum atomic E-state index is 0.771. The Morgan fingerprint density at radius 3 is 2.80 bits per heavy atom. The van der Waals surface area contributed by atoms with Crippen molar-refractivity contribution in [1.29, 1.82) is 0 Å². The molecule has 0 bridgehead atoms. The fourth-order valence-corrected chi connectivity index (χ4v) is 1.93. The molecule has 0 aliphatic rings. The Labute approximate surface area is 92.4 Å². The first-order valence-corrected chi connectivity index (χ1v) is 5.55. The molecule has 15 heavy (non-hydrogen) atoms. The van der Waals surface area contributed by atoms with E-state index in [2.05, 4.69) is 20.3 Å². The second-order valence-corrected chi connectivity index (χ2v) is 4.20. The molecule has 2 aromatic heterocycles. The summed E-state index contributed by atoms with van der Waals surface area (Å²) < 4.78 is 0. The molecule has 0 saturated carbocycles. The van der Waals surface area contributed by atoms with Crippen molar-refractivity contribution in [3.63, 3.8) is 0 Å². The molecule has 0 spiro atoms. The van der Waals surface area contributed by atoms with E-state index in [4.69, 9.17) is 0 Å². The van der Waals surface area contributed by atoms with E-state index in [-0.39, 0.29) is 0 Å². The molecular formula is C10H12N4S. The van der Waals surface area contributed by atoms with Crippen LogP contribution >= 0.6 is 11.3 Å². The summed E-state index contributed by atoms with van der Waals surface area (Å²) in [7, 11) is 0. The van der Waals surface area contributed by atoms with Crippen LogP contribution < -0.4 is 5.32 Å². The molecule has 0 radical (unpaired) electrons. The third-order valence-electron chi connectivity index (χ3n) is 2.08. The molecule has 78 valence electrons. The number of anilines is 1. The highest BCUT2D eigenvalue weighted by atomic mass is 32.1. The van der Waals surface area contributed by atoms with Crippen LogP contribution in [-0.4, -0.2) is 15.0 Å². The summed E-state index contributed by atoms with van der Waals surface area (Å²) >= 11 is 1.66. The summed E-state index contributed by atoms with van der Waals surface area (Å²) in [5.41, 5.74) is 3.91. The van der Waals surface area contributed by atoms with Crippen LogP contribution in [0.3, 0.4) is 0 Å². The molecule has 0 aliphatic carbocycles. The van der Waals surface area contributed by atoms with Crippen LogP contribution in [0.1, 0.15) is 16.3 Å². The highest BCUT2D eigenvalue weighted by Gasteiger charge is 2.01. The van der Waals surface area contributed by atoms with Crippen LogP contribution in [-0.2, 0) is 6.54 Å². The van der Waals surface area contributed by atoms with Crippen molar-refractivity contribution in [2.75, 3.05) is 5.32 Å². The molecule has 2 aromatic rings. The largest absolute Gasteiger partial charge is 0.365 e. The summed E-state index contributed by atoms with van der Waals surface area (Å²) in [6, 6.07) is 1.93. The lowest BCUT2D eigenvalue weighted by atomic mass is 10.4. The number of aromatic nitrogens is 3. The lowest BCUT2D eigenvalue weighted by Gasteiger charge is -2.04. The Kier molecular flexibility index (Phi) is 2.91. The normalized spacial score (nSPS) is 10.3. The van der Waals surface area contributed by atoms with E-state index in [9.17, 15) is 0 Å². The molecule has 0 fully saturated rings. The van der Waals surface area contributed by atoms with E-state index in [0.29, 0.717) is 0 Å². The molecule has 0 aromatic carbocycles. The van der Waals surface area contributed by atoms with E-state index in [0.717, 1.165) is 23.8 Å². The van der Waals surface area contributed by atoms with Gasteiger partial charge in [0.2, 0.25) is 0 Å². The zero-order chi connectivity index (χ0) is 10.7. The zero-order valence-electron chi connectivity index (χ0n) is 8.69. The minimum absolute atomic E-state index is 0.771. The Morgan fingerprint density at radius 2 is 2.13 bits per heavy atom. The molecule has 5 heteroatoms. The molecule has 0 unspecified atom stereocenters. The summed E-state index contributed by atoms with van der Waals surface area (Å²) in [6.07, 6.45) is 1.57. The van der Waals surface area contributed by atoms with Gasteiger partial charge in [0.05, 0.1) is 17.7 Å². The Morgan fingerprint density at radius 1 is 1.27 bits per heavy atom. The second kappa shape index (κ2) is 4.35. The van der Waals surface area contributed by atoms with Crippen molar-refractivity contribution in [2.24, 2.45) is 0 Å². The first-order chi connectivity index (χ1) is 7.25. The van der Waals surface area contributed by atoms with E-state index >= 15 is 0 Å². The van der Waals surface area contributed by atoms with Gasteiger partial charge in [0.25, 0.3) is 0 Å². The average molecular weight is 220 g/mol. The molecule has 0 amide bonds. The van der Waals surface area contributed by atoms with Crippen LogP contribution in [0.4, 0.5) is 5.82 Å². The topological polar surface area (TPSA) is 50.7 Å². The first kappa shape index (κ1) is 10.0. The quantitative estimate of drug-likeness (QED) is 0.861. The van der Waals surface area contributed by atoms with Gasteiger partial charge in [0, 0.05) is 16.6 Å². The van der Waals surface area contributed by atoms with E-state index in [1.165, 1.54) is 4.88 Å². The summed E-state index contributed by atoms with van der Waals surface area (Å²) in [4.78, 5) is 13.6. The number of nitrogens with one attached hydrogen (secondary N) is 1. The Bertz CT molecular complexity index is 452. The molecular weight excluding hydrogens is 208 g/mol. The Hall–Kier alpha value is -1.49. The molecule has 0 atom stereocenters. The SMILES string of the molecule is Cc1cc(NCc2scnc2C)ncn1. The van der Waals surface area contributed by atoms with Crippen molar-refractivity contribution in [1.82, 2.24) is 15.0 Å². The molecule has 0 aliphatic heterocycles. The molecule has 1 N–H and O–H groups in total. The van der Waals surface area contributed by atoms with Gasteiger partial charge in [-0.15, -0.1) is 11.3 Å². The van der Waals surface area contributed by atoms with Crippen molar-refractivity contribution < 1.29 is 0 Å². The van der Waals surface area contributed by atoms with Crippen LogP contribution in [0, 0.1) is 13.8 Å². The van der Waals surface area contributed by atoms with Gasteiger partial charge in [-0.3, -0.25) is 0 Å². The molecule has 4 nitrogen and oxygen atoms in total. The second-order valence-electron chi connectivity index (χ2n) is 3.26. The number of nitrogens with zero attached hydrogens (tertiary/aromatic N) is 3. The van der Waals surface area contributed by atoms with Gasteiger partial charge in [-0.1, -0.05) is 0 Å². The first-order valence-electron chi connectivity index (χ1n) is 4.67. The fourth-order valence-electron chi connectivity index (χ4n) is 1.22. The van der Waals surface area contributed by atoms with Gasteiger partial charge in [-0.25, -0.2) is 15.0 Å². The maximum atomic E-state index is 4.19. The Balaban J connectivity index is 2.02. The molecule has 2 rings (SSSR count). The lowest BCUT2D eigenvalue weighted by molar-refractivity contribution is 1.05. The van der Waals surface area contributed by atoms with Crippen molar-refractivity contribution in [2.45, 2.75) is 20.4 Å². The molecule has 2 heterocycles. The van der Waals surface area contributed by atoms with Gasteiger partial charge >= 0.3 is 0 Å². The number of rotatable bonds is 3. The highest BCUT2D eigenvalue weighted by Crippen LogP contribution is 2.13. The van der Waals surface area contributed by atoms with Gasteiger partial charge in [-0.2, -0.15) is 0 Å². The zero-order valence-corrected chi connectivity index (χ0v) is 9.51. The molecule has 0 saturated heterocycles. The minimum Gasteiger partial charge on any atom is -0.365 e.